The van der Waals surface area contributed by atoms with E-state index in [9.17, 15) is 4.79 Å². The Balaban J connectivity index is 2.04. The Morgan fingerprint density at radius 2 is 1.88 bits per heavy atom. The van der Waals surface area contributed by atoms with Gasteiger partial charge in [-0.1, -0.05) is 44.5 Å². The van der Waals surface area contributed by atoms with Crippen molar-refractivity contribution >= 4 is 11.6 Å². The highest BCUT2D eigenvalue weighted by atomic mass is 16.5. The highest BCUT2D eigenvalue weighted by molar-refractivity contribution is 5.92. The highest BCUT2D eigenvalue weighted by Crippen LogP contribution is 2.32. The minimum atomic E-state index is -0.205. The van der Waals surface area contributed by atoms with Crippen LogP contribution in [0, 0.1) is 6.92 Å². The Morgan fingerprint density at radius 1 is 1.12 bits per heavy atom. The van der Waals surface area contributed by atoms with E-state index < -0.39 is 0 Å². The SMILES string of the molecule is COc1cccc(NC(=O)COc2ccc(C)cc2C(C)(C)C)c1. The van der Waals surface area contributed by atoms with Crippen molar-refractivity contribution in [3.05, 3.63) is 53.6 Å². The molecule has 0 aromatic heterocycles. The van der Waals surface area contributed by atoms with Crippen molar-refractivity contribution in [1.29, 1.82) is 0 Å². The van der Waals surface area contributed by atoms with Gasteiger partial charge in [0.25, 0.3) is 5.91 Å². The van der Waals surface area contributed by atoms with Gasteiger partial charge in [-0.2, -0.15) is 0 Å². The van der Waals surface area contributed by atoms with Gasteiger partial charge in [0.1, 0.15) is 11.5 Å². The topological polar surface area (TPSA) is 47.6 Å². The molecule has 0 spiro atoms. The number of methoxy groups -OCH3 is 1. The standard InChI is InChI=1S/C20H25NO3/c1-14-9-10-18(17(11-14)20(2,3)4)24-13-19(22)21-15-7-6-8-16(12-15)23-5/h6-12H,13H2,1-5H3,(H,21,22). The first-order valence-electron chi connectivity index (χ1n) is 7.97. The number of carbonyl (C=O) groups is 1. The predicted octanol–water partition coefficient (Wildman–Crippen LogP) is 4.32. The molecule has 4 nitrogen and oxygen atoms in total. The van der Waals surface area contributed by atoms with Crippen molar-refractivity contribution in [2.75, 3.05) is 19.0 Å². The molecule has 2 rings (SSSR count). The van der Waals surface area contributed by atoms with E-state index >= 15 is 0 Å². The summed E-state index contributed by atoms with van der Waals surface area (Å²) in [4.78, 5) is 12.1. The van der Waals surface area contributed by atoms with Gasteiger partial charge in [0.05, 0.1) is 7.11 Å². The highest BCUT2D eigenvalue weighted by Gasteiger charge is 2.19. The Labute approximate surface area is 143 Å². The lowest BCUT2D eigenvalue weighted by molar-refractivity contribution is -0.118. The predicted molar refractivity (Wildman–Crippen MR) is 97.0 cm³/mol. The van der Waals surface area contributed by atoms with E-state index in [2.05, 4.69) is 39.1 Å². The second-order valence-electron chi connectivity index (χ2n) is 6.82. The van der Waals surface area contributed by atoms with Crippen LogP contribution in [0.2, 0.25) is 0 Å². The number of hydrogen-bond donors (Lipinski definition) is 1. The maximum absolute atomic E-state index is 12.1. The zero-order valence-electron chi connectivity index (χ0n) is 15.0. The third-order valence-corrected chi connectivity index (χ3v) is 3.66. The van der Waals surface area contributed by atoms with Crippen molar-refractivity contribution in [3.63, 3.8) is 0 Å². The van der Waals surface area contributed by atoms with Crippen LogP contribution in [-0.2, 0) is 10.2 Å². The lowest BCUT2D eigenvalue weighted by atomic mass is 9.85. The third kappa shape index (κ3) is 4.75. The molecule has 0 fully saturated rings. The number of benzene rings is 2. The van der Waals surface area contributed by atoms with E-state index in [1.54, 1.807) is 13.2 Å². The number of ether oxygens (including phenoxy) is 2. The summed E-state index contributed by atoms with van der Waals surface area (Å²) in [6.07, 6.45) is 0. The largest absolute Gasteiger partial charge is 0.497 e. The minimum Gasteiger partial charge on any atom is -0.497 e. The quantitative estimate of drug-likeness (QED) is 0.890. The first-order valence-corrected chi connectivity index (χ1v) is 7.97. The van der Waals surface area contributed by atoms with E-state index in [1.165, 1.54) is 5.56 Å². The van der Waals surface area contributed by atoms with Gasteiger partial charge in [-0.15, -0.1) is 0 Å². The van der Waals surface area contributed by atoms with Crippen LogP contribution in [0.15, 0.2) is 42.5 Å². The average molecular weight is 327 g/mol. The van der Waals surface area contributed by atoms with Gasteiger partial charge in [0, 0.05) is 11.8 Å². The molecule has 0 aliphatic carbocycles. The number of carbonyl (C=O) groups excluding carboxylic acids is 1. The van der Waals surface area contributed by atoms with E-state index in [4.69, 9.17) is 9.47 Å². The van der Waals surface area contributed by atoms with Crippen LogP contribution in [0.5, 0.6) is 11.5 Å². The average Bonchev–Trinajstić information content (AvgIpc) is 2.53. The minimum absolute atomic E-state index is 0.0383. The zero-order chi connectivity index (χ0) is 17.7. The van der Waals surface area contributed by atoms with E-state index in [1.807, 2.05) is 30.3 Å². The number of aryl methyl sites for hydroxylation is 1. The summed E-state index contributed by atoms with van der Waals surface area (Å²) in [6.45, 7) is 8.40. The first kappa shape index (κ1) is 17.9. The molecule has 0 saturated carbocycles. The molecule has 24 heavy (non-hydrogen) atoms. The van der Waals surface area contributed by atoms with Crippen LogP contribution in [-0.4, -0.2) is 19.6 Å². The van der Waals surface area contributed by atoms with Crippen LogP contribution in [0.25, 0.3) is 0 Å². The van der Waals surface area contributed by atoms with Gasteiger partial charge >= 0.3 is 0 Å². The molecule has 0 aliphatic heterocycles. The molecule has 1 amide bonds. The fraction of sp³-hybridized carbons (Fsp3) is 0.350. The van der Waals surface area contributed by atoms with Gasteiger partial charge in [-0.3, -0.25) is 4.79 Å². The Morgan fingerprint density at radius 3 is 2.54 bits per heavy atom. The molecular formula is C20H25NO3. The molecule has 0 atom stereocenters. The lowest BCUT2D eigenvalue weighted by Crippen LogP contribution is -2.22. The Kier molecular flexibility index (Phi) is 5.50. The van der Waals surface area contributed by atoms with Crippen molar-refractivity contribution in [2.24, 2.45) is 0 Å². The van der Waals surface area contributed by atoms with Gasteiger partial charge in [-0.05, 0) is 36.1 Å². The molecule has 0 heterocycles. The van der Waals surface area contributed by atoms with Crippen LogP contribution in [0.1, 0.15) is 31.9 Å². The number of rotatable bonds is 5. The fourth-order valence-electron chi connectivity index (χ4n) is 2.40. The summed E-state index contributed by atoms with van der Waals surface area (Å²) in [6, 6.07) is 13.3. The second-order valence-corrected chi connectivity index (χ2v) is 6.82. The van der Waals surface area contributed by atoms with E-state index in [0.29, 0.717) is 11.4 Å². The summed E-state index contributed by atoms with van der Waals surface area (Å²) in [5.41, 5.74) is 2.90. The molecule has 2 aromatic carbocycles. The van der Waals surface area contributed by atoms with Crippen molar-refractivity contribution in [3.8, 4) is 11.5 Å². The molecule has 0 aliphatic rings. The van der Waals surface area contributed by atoms with Gasteiger partial charge in [-0.25, -0.2) is 0 Å². The van der Waals surface area contributed by atoms with Crippen molar-refractivity contribution in [2.45, 2.75) is 33.1 Å². The molecule has 1 N–H and O–H groups in total. The number of amides is 1. The van der Waals surface area contributed by atoms with Crippen LogP contribution in [0.3, 0.4) is 0 Å². The molecular weight excluding hydrogens is 302 g/mol. The van der Waals surface area contributed by atoms with Crippen molar-refractivity contribution < 1.29 is 14.3 Å². The lowest BCUT2D eigenvalue weighted by Gasteiger charge is -2.23. The van der Waals surface area contributed by atoms with E-state index in [-0.39, 0.29) is 17.9 Å². The van der Waals surface area contributed by atoms with Crippen LogP contribution >= 0.6 is 0 Å². The van der Waals surface area contributed by atoms with Gasteiger partial charge in [0.2, 0.25) is 0 Å². The summed E-state index contributed by atoms with van der Waals surface area (Å²) in [5, 5.41) is 2.81. The summed E-state index contributed by atoms with van der Waals surface area (Å²) in [5.74, 6) is 1.24. The smallest absolute Gasteiger partial charge is 0.262 e. The van der Waals surface area contributed by atoms with Crippen LogP contribution in [0.4, 0.5) is 5.69 Å². The molecule has 0 bridgehead atoms. The van der Waals surface area contributed by atoms with Gasteiger partial charge in [0.15, 0.2) is 6.61 Å². The molecule has 4 heteroatoms. The third-order valence-electron chi connectivity index (χ3n) is 3.66. The number of anilines is 1. The van der Waals surface area contributed by atoms with Gasteiger partial charge < -0.3 is 14.8 Å². The van der Waals surface area contributed by atoms with E-state index in [0.717, 1.165) is 11.3 Å². The second kappa shape index (κ2) is 7.39. The normalized spacial score (nSPS) is 11.0. The molecule has 0 saturated heterocycles. The molecule has 0 unspecified atom stereocenters. The summed E-state index contributed by atoms with van der Waals surface area (Å²) >= 11 is 0. The first-order chi connectivity index (χ1) is 11.3. The number of hydrogen-bond acceptors (Lipinski definition) is 3. The molecule has 2 aromatic rings. The maximum atomic E-state index is 12.1. The Bertz CT molecular complexity index is 717. The summed E-state index contributed by atoms with van der Waals surface area (Å²) < 4.78 is 10.9. The zero-order valence-corrected chi connectivity index (χ0v) is 15.0. The Hall–Kier alpha value is -2.49. The summed E-state index contributed by atoms with van der Waals surface area (Å²) in [7, 11) is 1.59. The number of nitrogens with one attached hydrogen (secondary N) is 1. The van der Waals surface area contributed by atoms with Crippen LogP contribution < -0.4 is 14.8 Å². The molecule has 128 valence electrons. The molecule has 0 radical (unpaired) electrons. The monoisotopic (exact) mass is 327 g/mol. The maximum Gasteiger partial charge on any atom is 0.262 e. The fourth-order valence-corrected chi connectivity index (χ4v) is 2.40. The van der Waals surface area contributed by atoms with Crippen molar-refractivity contribution in [1.82, 2.24) is 0 Å².